The van der Waals surface area contributed by atoms with Crippen LogP contribution < -0.4 is 10.1 Å². The van der Waals surface area contributed by atoms with Gasteiger partial charge in [0.1, 0.15) is 6.61 Å². The van der Waals surface area contributed by atoms with E-state index in [0.717, 1.165) is 17.8 Å². The van der Waals surface area contributed by atoms with E-state index in [1.54, 1.807) is 10.9 Å². The van der Waals surface area contributed by atoms with Crippen molar-refractivity contribution in [3.8, 4) is 5.75 Å². The Morgan fingerprint density at radius 3 is 3.21 bits per heavy atom. The topological polar surface area (TPSA) is 56.1 Å². The quantitative estimate of drug-likeness (QED) is 0.849. The summed E-state index contributed by atoms with van der Waals surface area (Å²) >= 11 is 0. The fourth-order valence-corrected chi connectivity index (χ4v) is 2.23. The van der Waals surface area contributed by atoms with Crippen LogP contribution in [0.25, 0.3) is 0 Å². The molecule has 0 saturated carbocycles. The maximum atomic E-state index is 12.4. The van der Waals surface area contributed by atoms with Gasteiger partial charge in [0.25, 0.3) is 0 Å². The first-order valence-electron chi connectivity index (χ1n) is 6.24. The summed E-state index contributed by atoms with van der Waals surface area (Å²) in [6, 6.07) is 5.61. The molecule has 0 fully saturated rings. The van der Waals surface area contributed by atoms with Crippen molar-refractivity contribution in [3.63, 3.8) is 0 Å². The monoisotopic (exact) mass is 257 g/mol. The lowest BCUT2D eigenvalue weighted by atomic mass is 10.0. The Morgan fingerprint density at radius 2 is 2.42 bits per heavy atom. The number of nitrogens with one attached hydrogen (secondary N) is 1. The van der Waals surface area contributed by atoms with Gasteiger partial charge in [-0.1, -0.05) is 6.07 Å². The van der Waals surface area contributed by atoms with Crippen LogP contribution >= 0.6 is 0 Å². The number of fused-ring (bicyclic) bond motifs is 1. The van der Waals surface area contributed by atoms with Crippen molar-refractivity contribution >= 4 is 11.5 Å². The van der Waals surface area contributed by atoms with Gasteiger partial charge in [0.2, 0.25) is 0 Å². The second kappa shape index (κ2) is 4.76. The van der Waals surface area contributed by atoms with Crippen LogP contribution in [0.3, 0.4) is 0 Å². The summed E-state index contributed by atoms with van der Waals surface area (Å²) in [5, 5.41) is 7.30. The van der Waals surface area contributed by atoms with Crippen LogP contribution in [0.1, 0.15) is 15.9 Å². The zero-order valence-electron chi connectivity index (χ0n) is 10.7. The fraction of sp³-hybridized carbons (Fsp3) is 0.286. The van der Waals surface area contributed by atoms with Crippen molar-refractivity contribution < 1.29 is 9.53 Å². The molecule has 5 heteroatoms. The molecule has 3 rings (SSSR count). The molecule has 0 aliphatic carbocycles. The lowest BCUT2D eigenvalue weighted by Crippen LogP contribution is -2.20. The van der Waals surface area contributed by atoms with Crippen LogP contribution in [-0.4, -0.2) is 28.7 Å². The van der Waals surface area contributed by atoms with Crippen LogP contribution in [-0.2, 0) is 13.5 Å². The average molecular weight is 257 g/mol. The molecule has 1 aliphatic heterocycles. The van der Waals surface area contributed by atoms with Crippen LogP contribution in [0.15, 0.2) is 30.6 Å². The summed E-state index contributed by atoms with van der Waals surface area (Å²) in [4.78, 5) is 12.4. The smallest absolute Gasteiger partial charge is 0.171 e. The highest BCUT2D eigenvalue weighted by molar-refractivity contribution is 6.01. The Kier molecular flexibility index (Phi) is 2.95. The molecule has 5 nitrogen and oxygen atoms in total. The molecule has 19 heavy (non-hydrogen) atoms. The Morgan fingerprint density at radius 1 is 1.53 bits per heavy atom. The predicted octanol–water partition coefficient (Wildman–Crippen LogP) is 1.65. The highest BCUT2D eigenvalue weighted by Crippen LogP contribution is 2.31. The van der Waals surface area contributed by atoms with E-state index in [2.05, 4.69) is 10.4 Å². The molecular formula is C14H15N3O2. The molecule has 0 amide bonds. The summed E-state index contributed by atoms with van der Waals surface area (Å²) in [5.74, 6) is 0.719. The van der Waals surface area contributed by atoms with E-state index in [9.17, 15) is 4.79 Å². The van der Waals surface area contributed by atoms with Gasteiger partial charge >= 0.3 is 0 Å². The lowest BCUT2D eigenvalue weighted by molar-refractivity contribution is 0.0989. The number of Topliss-reactive ketones (excluding diaryl/α,β-unsaturated/α-hetero) is 1. The van der Waals surface area contributed by atoms with E-state index in [1.807, 2.05) is 31.4 Å². The van der Waals surface area contributed by atoms with Crippen molar-refractivity contribution in [2.24, 2.45) is 7.05 Å². The van der Waals surface area contributed by atoms with Gasteiger partial charge in [-0.25, -0.2) is 0 Å². The Balaban J connectivity index is 1.87. The second-order valence-corrected chi connectivity index (χ2v) is 4.58. The third-order valence-corrected chi connectivity index (χ3v) is 3.10. The Labute approximate surface area is 111 Å². The number of benzene rings is 1. The van der Waals surface area contributed by atoms with Crippen LogP contribution in [0.5, 0.6) is 5.75 Å². The molecule has 2 aromatic rings. The van der Waals surface area contributed by atoms with Crippen molar-refractivity contribution in [2.75, 3.05) is 18.5 Å². The number of rotatable bonds is 3. The van der Waals surface area contributed by atoms with Crippen LogP contribution in [0.2, 0.25) is 0 Å². The highest BCUT2D eigenvalue weighted by Gasteiger charge is 2.19. The Hall–Kier alpha value is -2.30. The van der Waals surface area contributed by atoms with E-state index in [4.69, 9.17) is 4.74 Å². The van der Waals surface area contributed by atoms with Crippen LogP contribution in [0, 0.1) is 0 Å². The standard InChI is InChI=1S/C14H15N3O2/c1-17-9-10(8-16-17)7-13(18)11-3-2-4-12-14(11)19-6-5-15-12/h2-4,8-9,15H,5-7H2,1H3. The van der Waals surface area contributed by atoms with Gasteiger partial charge in [-0.2, -0.15) is 5.10 Å². The fourth-order valence-electron chi connectivity index (χ4n) is 2.23. The van der Waals surface area contributed by atoms with E-state index in [-0.39, 0.29) is 5.78 Å². The van der Waals surface area contributed by atoms with Crippen molar-refractivity contribution in [1.82, 2.24) is 9.78 Å². The third-order valence-electron chi connectivity index (χ3n) is 3.10. The zero-order valence-corrected chi connectivity index (χ0v) is 10.7. The van der Waals surface area contributed by atoms with Gasteiger partial charge in [0, 0.05) is 26.2 Å². The normalized spacial score (nSPS) is 13.3. The minimum absolute atomic E-state index is 0.0496. The van der Waals surface area contributed by atoms with Crippen molar-refractivity contribution in [3.05, 3.63) is 41.7 Å². The number of para-hydroxylation sites is 1. The number of ketones is 1. The molecule has 0 spiro atoms. The second-order valence-electron chi connectivity index (χ2n) is 4.58. The number of nitrogens with zero attached hydrogens (tertiary/aromatic N) is 2. The molecule has 1 aromatic heterocycles. The number of aryl methyl sites for hydroxylation is 1. The summed E-state index contributed by atoms with van der Waals surface area (Å²) in [6.45, 7) is 1.36. The third kappa shape index (κ3) is 2.31. The maximum absolute atomic E-state index is 12.4. The predicted molar refractivity (Wildman–Crippen MR) is 71.7 cm³/mol. The first kappa shape index (κ1) is 11.8. The average Bonchev–Trinajstić information content (AvgIpc) is 2.83. The van der Waals surface area contributed by atoms with Crippen LogP contribution in [0.4, 0.5) is 5.69 Å². The number of hydrogen-bond acceptors (Lipinski definition) is 4. The van der Waals surface area contributed by atoms with Gasteiger partial charge in [-0.05, 0) is 17.7 Å². The Bertz CT molecular complexity index is 619. The van der Waals surface area contributed by atoms with Crippen molar-refractivity contribution in [1.29, 1.82) is 0 Å². The molecule has 98 valence electrons. The molecule has 0 atom stereocenters. The largest absolute Gasteiger partial charge is 0.489 e. The first-order valence-corrected chi connectivity index (χ1v) is 6.24. The van der Waals surface area contributed by atoms with E-state index < -0.39 is 0 Å². The molecular weight excluding hydrogens is 242 g/mol. The van der Waals surface area contributed by atoms with E-state index in [0.29, 0.717) is 24.3 Å². The zero-order chi connectivity index (χ0) is 13.2. The number of hydrogen-bond donors (Lipinski definition) is 1. The molecule has 0 saturated heterocycles. The molecule has 0 bridgehead atoms. The maximum Gasteiger partial charge on any atom is 0.171 e. The molecule has 2 heterocycles. The molecule has 1 aliphatic rings. The minimum atomic E-state index is 0.0496. The number of ether oxygens (including phenoxy) is 1. The number of anilines is 1. The SMILES string of the molecule is Cn1cc(CC(=O)c2cccc3c2OCCN3)cn1. The molecule has 0 radical (unpaired) electrons. The highest BCUT2D eigenvalue weighted by atomic mass is 16.5. The van der Waals surface area contributed by atoms with Gasteiger partial charge in [0.15, 0.2) is 11.5 Å². The summed E-state index contributed by atoms with van der Waals surface area (Å²) < 4.78 is 7.31. The van der Waals surface area contributed by atoms with Crippen molar-refractivity contribution in [2.45, 2.75) is 6.42 Å². The van der Waals surface area contributed by atoms with E-state index >= 15 is 0 Å². The van der Waals surface area contributed by atoms with Gasteiger partial charge in [0.05, 0.1) is 17.4 Å². The first-order chi connectivity index (χ1) is 9.24. The van der Waals surface area contributed by atoms with Gasteiger partial charge < -0.3 is 10.1 Å². The summed E-state index contributed by atoms with van der Waals surface area (Å²) in [5.41, 5.74) is 2.44. The van der Waals surface area contributed by atoms with Gasteiger partial charge in [-0.15, -0.1) is 0 Å². The lowest BCUT2D eigenvalue weighted by Gasteiger charge is -2.21. The number of carbonyl (C=O) groups excluding carboxylic acids is 1. The number of carbonyl (C=O) groups is 1. The molecule has 0 unspecified atom stereocenters. The molecule has 1 N–H and O–H groups in total. The summed E-state index contributed by atoms with van der Waals surface area (Å²) in [6.07, 6.45) is 3.91. The summed E-state index contributed by atoms with van der Waals surface area (Å²) in [7, 11) is 1.84. The molecule has 1 aromatic carbocycles. The number of aromatic nitrogens is 2. The van der Waals surface area contributed by atoms with E-state index in [1.165, 1.54) is 0 Å². The van der Waals surface area contributed by atoms with Gasteiger partial charge in [-0.3, -0.25) is 9.48 Å². The minimum Gasteiger partial charge on any atom is -0.489 e.